The minimum atomic E-state index is -0.497. The lowest BCUT2D eigenvalue weighted by Gasteiger charge is -2.26. The van der Waals surface area contributed by atoms with Crippen LogP contribution in [0.4, 0.5) is 0 Å². The number of amides is 1. The van der Waals surface area contributed by atoms with Gasteiger partial charge in [0, 0.05) is 12.0 Å². The summed E-state index contributed by atoms with van der Waals surface area (Å²) in [6.45, 7) is 4.42. The van der Waals surface area contributed by atoms with Crippen molar-refractivity contribution < 1.29 is 19.1 Å². The van der Waals surface area contributed by atoms with Crippen molar-refractivity contribution in [3.63, 3.8) is 0 Å². The van der Waals surface area contributed by atoms with E-state index in [-0.39, 0.29) is 18.6 Å². The molecule has 0 radical (unpaired) electrons. The van der Waals surface area contributed by atoms with Crippen LogP contribution in [0.15, 0.2) is 48.5 Å². The van der Waals surface area contributed by atoms with Gasteiger partial charge in [0.05, 0.1) is 18.2 Å². The summed E-state index contributed by atoms with van der Waals surface area (Å²) in [6, 6.07) is 14.8. The predicted molar refractivity (Wildman–Crippen MR) is 98.3 cm³/mol. The average Bonchev–Trinajstić information content (AvgIpc) is 2.66. The summed E-state index contributed by atoms with van der Waals surface area (Å²) >= 11 is 0. The van der Waals surface area contributed by atoms with Gasteiger partial charge < -0.3 is 14.8 Å². The molecular formula is C21H23NO4. The van der Waals surface area contributed by atoms with Gasteiger partial charge in [-0.3, -0.25) is 4.79 Å². The lowest BCUT2D eigenvalue weighted by atomic mass is 10.0. The Labute approximate surface area is 153 Å². The van der Waals surface area contributed by atoms with E-state index in [1.165, 1.54) is 0 Å². The lowest BCUT2D eigenvalue weighted by molar-refractivity contribution is -0.125. The van der Waals surface area contributed by atoms with Crippen molar-refractivity contribution in [3.05, 3.63) is 65.2 Å². The highest BCUT2D eigenvalue weighted by molar-refractivity contribution is 5.91. The van der Waals surface area contributed by atoms with E-state index in [0.717, 1.165) is 16.9 Å². The molecule has 1 heterocycles. The number of hydrogen-bond acceptors (Lipinski definition) is 4. The monoisotopic (exact) mass is 353 g/mol. The fraction of sp³-hybridized carbons (Fsp3) is 0.333. The molecule has 0 saturated heterocycles. The van der Waals surface area contributed by atoms with Crippen molar-refractivity contribution in [2.24, 2.45) is 0 Å². The van der Waals surface area contributed by atoms with Crippen molar-refractivity contribution in [1.29, 1.82) is 0 Å². The molecular weight excluding hydrogens is 330 g/mol. The van der Waals surface area contributed by atoms with Gasteiger partial charge in [-0.05, 0) is 29.7 Å². The molecule has 0 spiro atoms. The zero-order chi connectivity index (χ0) is 18.5. The number of nitrogens with one attached hydrogen (secondary N) is 1. The quantitative estimate of drug-likeness (QED) is 0.834. The largest absolute Gasteiger partial charge is 0.493 e. The van der Waals surface area contributed by atoms with Crippen LogP contribution in [-0.4, -0.2) is 25.1 Å². The van der Waals surface area contributed by atoms with Crippen LogP contribution in [0.3, 0.4) is 0 Å². The number of benzene rings is 2. The lowest BCUT2D eigenvalue weighted by Crippen LogP contribution is -2.35. The van der Waals surface area contributed by atoms with Crippen molar-refractivity contribution in [1.82, 2.24) is 5.32 Å². The maximum Gasteiger partial charge on any atom is 0.338 e. The first-order valence-electron chi connectivity index (χ1n) is 8.83. The Morgan fingerprint density at radius 1 is 1.15 bits per heavy atom. The van der Waals surface area contributed by atoms with Crippen LogP contribution in [0.1, 0.15) is 53.7 Å². The van der Waals surface area contributed by atoms with Gasteiger partial charge in [-0.1, -0.05) is 44.2 Å². The summed E-state index contributed by atoms with van der Waals surface area (Å²) in [7, 11) is 0. The normalized spacial score (nSPS) is 15.7. The molecule has 0 fully saturated rings. The van der Waals surface area contributed by atoms with Gasteiger partial charge >= 0.3 is 5.97 Å². The van der Waals surface area contributed by atoms with Crippen molar-refractivity contribution in [3.8, 4) is 5.75 Å². The van der Waals surface area contributed by atoms with E-state index in [4.69, 9.17) is 9.47 Å². The summed E-state index contributed by atoms with van der Waals surface area (Å²) in [5.74, 6) is 0.362. The molecule has 1 unspecified atom stereocenters. The van der Waals surface area contributed by atoms with E-state index in [9.17, 15) is 9.59 Å². The summed E-state index contributed by atoms with van der Waals surface area (Å²) < 4.78 is 10.7. The maximum atomic E-state index is 12.2. The molecule has 5 heteroatoms. The number of carbonyl (C=O) groups excluding carboxylic acids is 2. The molecule has 136 valence electrons. The van der Waals surface area contributed by atoms with E-state index in [1.54, 1.807) is 12.1 Å². The third-order valence-corrected chi connectivity index (χ3v) is 4.44. The second-order valence-electron chi connectivity index (χ2n) is 6.65. The van der Waals surface area contributed by atoms with Crippen LogP contribution >= 0.6 is 0 Å². The summed E-state index contributed by atoms with van der Waals surface area (Å²) in [5.41, 5.74) is 2.54. The van der Waals surface area contributed by atoms with Gasteiger partial charge in [-0.15, -0.1) is 0 Å². The van der Waals surface area contributed by atoms with Crippen molar-refractivity contribution in [2.75, 3.05) is 13.2 Å². The van der Waals surface area contributed by atoms with Gasteiger partial charge in [-0.25, -0.2) is 4.79 Å². The molecule has 1 atom stereocenters. The van der Waals surface area contributed by atoms with E-state index in [0.29, 0.717) is 24.5 Å². The van der Waals surface area contributed by atoms with Crippen LogP contribution in [0.25, 0.3) is 0 Å². The highest BCUT2D eigenvalue weighted by Gasteiger charge is 2.23. The van der Waals surface area contributed by atoms with E-state index < -0.39 is 5.97 Å². The maximum absolute atomic E-state index is 12.2. The summed E-state index contributed by atoms with van der Waals surface area (Å²) in [6.07, 6.45) is 0.688. The summed E-state index contributed by atoms with van der Waals surface area (Å²) in [5, 5.41) is 2.91. The molecule has 1 aliphatic heterocycles. The Morgan fingerprint density at radius 2 is 1.88 bits per heavy atom. The molecule has 0 saturated carbocycles. The fourth-order valence-electron chi connectivity index (χ4n) is 2.95. The highest BCUT2D eigenvalue weighted by Crippen LogP contribution is 2.31. The van der Waals surface area contributed by atoms with Gasteiger partial charge in [0.25, 0.3) is 5.91 Å². The third-order valence-electron chi connectivity index (χ3n) is 4.44. The number of ether oxygens (including phenoxy) is 2. The van der Waals surface area contributed by atoms with Crippen molar-refractivity contribution >= 4 is 11.9 Å². The van der Waals surface area contributed by atoms with Crippen LogP contribution in [0, 0.1) is 0 Å². The Hall–Kier alpha value is -2.82. The molecule has 1 N–H and O–H groups in total. The zero-order valence-corrected chi connectivity index (χ0v) is 15.0. The standard InChI is InChI=1S/C21H23NO4/c1-14(2)15-7-9-16(10-8-15)21(24)26-13-20(23)22-18-11-12-25-19-6-4-3-5-17(18)19/h3-10,14,18H,11-13H2,1-2H3,(H,22,23). The predicted octanol–water partition coefficient (Wildman–Crippen LogP) is 3.61. The molecule has 0 aromatic heterocycles. The SMILES string of the molecule is CC(C)c1ccc(C(=O)OCC(=O)NC2CCOc3ccccc32)cc1. The molecule has 3 rings (SSSR count). The number of rotatable bonds is 5. The minimum absolute atomic E-state index is 0.128. The Bertz CT molecular complexity index is 783. The van der Waals surface area contributed by atoms with Gasteiger partial charge in [-0.2, -0.15) is 0 Å². The molecule has 1 aliphatic rings. The number of carbonyl (C=O) groups is 2. The van der Waals surface area contributed by atoms with E-state index in [2.05, 4.69) is 19.2 Å². The minimum Gasteiger partial charge on any atom is -0.493 e. The fourth-order valence-corrected chi connectivity index (χ4v) is 2.95. The zero-order valence-electron chi connectivity index (χ0n) is 15.0. The number of fused-ring (bicyclic) bond motifs is 1. The van der Waals surface area contributed by atoms with E-state index >= 15 is 0 Å². The topological polar surface area (TPSA) is 64.6 Å². The molecule has 2 aromatic carbocycles. The smallest absolute Gasteiger partial charge is 0.338 e. The molecule has 5 nitrogen and oxygen atoms in total. The first kappa shape index (κ1) is 18.0. The second kappa shape index (κ2) is 8.04. The molecule has 0 bridgehead atoms. The average molecular weight is 353 g/mol. The van der Waals surface area contributed by atoms with Crippen LogP contribution in [0.5, 0.6) is 5.75 Å². The Morgan fingerprint density at radius 3 is 2.62 bits per heavy atom. The number of hydrogen-bond donors (Lipinski definition) is 1. The third kappa shape index (κ3) is 4.23. The summed E-state index contributed by atoms with van der Waals surface area (Å²) in [4.78, 5) is 24.3. The van der Waals surface area contributed by atoms with Crippen LogP contribution < -0.4 is 10.1 Å². The van der Waals surface area contributed by atoms with Gasteiger partial charge in [0.1, 0.15) is 5.75 Å². The van der Waals surface area contributed by atoms with Crippen LogP contribution in [-0.2, 0) is 9.53 Å². The van der Waals surface area contributed by atoms with Gasteiger partial charge in [0.15, 0.2) is 6.61 Å². The Balaban J connectivity index is 1.54. The second-order valence-corrected chi connectivity index (χ2v) is 6.65. The molecule has 2 aromatic rings. The molecule has 0 aliphatic carbocycles. The molecule has 26 heavy (non-hydrogen) atoms. The van der Waals surface area contributed by atoms with Crippen LogP contribution in [0.2, 0.25) is 0 Å². The van der Waals surface area contributed by atoms with Crippen molar-refractivity contribution in [2.45, 2.75) is 32.2 Å². The number of para-hydroxylation sites is 1. The molecule has 1 amide bonds. The first-order chi connectivity index (χ1) is 12.5. The number of esters is 1. The Kier molecular flexibility index (Phi) is 5.56. The van der Waals surface area contributed by atoms with Gasteiger partial charge in [0.2, 0.25) is 0 Å². The highest BCUT2D eigenvalue weighted by atomic mass is 16.5. The van der Waals surface area contributed by atoms with E-state index in [1.807, 2.05) is 36.4 Å². The first-order valence-corrected chi connectivity index (χ1v) is 8.83.